The molecule has 6 nitrogen and oxygen atoms in total. The fourth-order valence-electron chi connectivity index (χ4n) is 3.35. The van der Waals surface area contributed by atoms with Gasteiger partial charge in [-0.05, 0) is 50.2 Å². The zero-order valence-electron chi connectivity index (χ0n) is 16.6. The lowest BCUT2D eigenvalue weighted by Crippen LogP contribution is -2.13. The van der Waals surface area contributed by atoms with Crippen molar-refractivity contribution >= 4 is 22.5 Å². The van der Waals surface area contributed by atoms with Gasteiger partial charge in [-0.1, -0.05) is 18.2 Å². The number of fused-ring (bicyclic) bond motifs is 1. The third kappa shape index (κ3) is 3.82. The molecule has 29 heavy (non-hydrogen) atoms. The first-order chi connectivity index (χ1) is 14.0. The van der Waals surface area contributed by atoms with Crippen LogP contribution in [-0.2, 0) is 7.05 Å². The van der Waals surface area contributed by atoms with Crippen LogP contribution in [0.2, 0.25) is 0 Å². The van der Waals surface area contributed by atoms with Crippen molar-refractivity contribution in [1.82, 2.24) is 14.8 Å². The summed E-state index contributed by atoms with van der Waals surface area (Å²) in [5, 5.41) is 8.18. The number of nitrogens with one attached hydrogen (secondary N) is 1. The third-order valence-electron chi connectivity index (χ3n) is 4.67. The molecule has 4 rings (SSSR count). The van der Waals surface area contributed by atoms with Crippen molar-refractivity contribution in [3.05, 3.63) is 72.1 Å². The summed E-state index contributed by atoms with van der Waals surface area (Å²) < 4.78 is 7.21. The van der Waals surface area contributed by atoms with Gasteiger partial charge in [-0.25, -0.2) is 4.98 Å². The molecule has 2 aromatic carbocycles. The molecule has 1 N–H and O–H groups in total. The van der Waals surface area contributed by atoms with Crippen LogP contribution < -0.4 is 10.1 Å². The van der Waals surface area contributed by atoms with Crippen LogP contribution >= 0.6 is 0 Å². The molecule has 6 heteroatoms. The Bertz CT molecular complexity index is 1180. The maximum atomic E-state index is 13.1. The minimum absolute atomic E-state index is 0.185. The first-order valence-electron chi connectivity index (χ1n) is 9.50. The standard InChI is InChI=1S/C23H22N4O2/c1-4-29-17-11-9-16(10-12-17)24-23(28)19-13-22(20-14-27(3)26-15(20)2)25-21-8-6-5-7-18(19)21/h5-14H,4H2,1-3H3,(H,24,28). The van der Waals surface area contributed by atoms with E-state index in [0.717, 1.165) is 33.6 Å². The second kappa shape index (κ2) is 7.75. The number of carbonyl (C=O) groups excluding carboxylic acids is 1. The summed E-state index contributed by atoms with van der Waals surface area (Å²) in [6, 6.07) is 16.8. The Morgan fingerprint density at radius 2 is 1.90 bits per heavy atom. The van der Waals surface area contributed by atoms with Gasteiger partial charge in [-0.2, -0.15) is 5.10 Å². The van der Waals surface area contributed by atoms with Gasteiger partial charge < -0.3 is 10.1 Å². The average Bonchev–Trinajstić information content (AvgIpc) is 3.07. The van der Waals surface area contributed by atoms with E-state index in [9.17, 15) is 4.79 Å². The van der Waals surface area contributed by atoms with Crippen LogP contribution in [0.25, 0.3) is 22.2 Å². The number of nitrogens with zero attached hydrogens (tertiary/aromatic N) is 3. The Labute approximate surface area is 169 Å². The molecule has 0 spiro atoms. The fourth-order valence-corrected chi connectivity index (χ4v) is 3.35. The number of rotatable bonds is 5. The summed E-state index contributed by atoms with van der Waals surface area (Å²) in [6.07, 6.45) is 1.92. The normalized spacial score (nSPS) is 10.9. The highest BCUT2D eigenvalue weighted by Crippen LogP contribution is 2.27. The second-order valence-electron chi connectivity index (χ2n) is 6.79. The molecule has 0 aliphatic heterocycles. The van der Waals surface area contributed by atoms with E-state index in [1.807, 2.05) is 81.7 Å². The van der Waals surface area contributed by atoms with E-state index in [0.29, 0.717) is 17.9 Å². The minimum Gasteiger partial charge on any atom is -0.494 e. The van der Waals surface area contributed by atoms with E-state index in [4.69, 9.17) is 9.72 Å². The number of hydrogen-bond acceptors (Lipinski definition) is 4. The first kappa shape index (κ1) is 18.7. The largest absolute Gasteiger partial charge is 0.494 e. The Hall–Kier alpha value is -3.67. The summed E-state index contributed by atoms with van der Waals surface area (Å²) >= 11 is 0. The number of pyridine rings is 1. The van der Waals surface area contributed by atoms with Gasteiger partial charge in [0, 0.05) is 29.9 Å². The fraction of sp³-hybridized carbons (Fsp3) is 0.174. The predicted octanol–water partition coefficient (Wildman–Crippen LogP) is 4.59. The molecule has 0 aliphatic carbocycles. The molecule has 4 aromatic rings. The van der Waals surface area contributed by atoms with Crippen molar-refractivity contribution in [3.8, 4) is 17.0 Å². The number of anilines is 1. The van der Waals surface area contributed by atoms with Gasteiger partial charge in [0.25, 0.3) is 5.91 Å². The summed E-state index contributed by atoms with van der Waals surface area (Å²) in [6.45, 7) is 4.48. The third-order valence-corrected chi connectivity index (χ3v) is 4.67. The predicted molar refractivity (Wildman–Crippen MR) is 114 cm³/mol. The maximum absolute atomic E-state index is 13.1. The van der Waals surface area contributed by atoms with Gasteiger partial charge in [0.05, 0.1) is 29.1 Å². The van der Waals surface area contributed by atoms with Gasteiger partial charge in [-0.15, -0.1) is 0 Å². The van der Waals surface area contributed by atoms with Crippen LogP contribution in [-0.4, -0.2) is 27.3 Å². The molecule has 0 atom stereocenters. The number of aryl methyl sites for hydroxylation is 2. The van der Waals surface area contributed by atoms with E-state index in [1.54, 1.807) is 4.68 Å². The molecular weight excluding hydrogens is 364 g/mol. The van der Waals surface area contributed by atoms with Crippen molar-refractivity contribution in [2.75, 3.05) is 11.9 Å². The number of carbonyl (C=O) groups is 1. The van der Waals surface area contributed by atoms with Crippen molar-refractivity contribution in [3.63, 3.8) is 0 Å². The molecule has 0 radical (unpaired) electrons. The monoisotopic (exact) mass is 386 g/mol. The lowest BCUT2D eigenvalue weighted by molar-refractivity contribution is 0.102. The summed E-state index contributed by atoms with van der Waals surface area (Å²) in [4.78, 5) is 17.9. The summed E-state index contributed by atoms with van der Waals surface area (Å²) in [5.41, 5.74) is 4.55. The van der Waals surface area contributed by atoms with E-state index in [-0.39, 0.29) is 5.91 Å². The Balaban J connectivity index is 1.73. The number of aromatic nitrogens is 3. The smallest absolute Gasteiger partial charge is 0.256 e. The zero-order chi connectivity index (χ0) is 20.4. The molecule has 0 unspecified atom stereocenters. The molecule has 146 valence electrons. The number of hydrogen-bond donors (Lipinski definition) is 1. The highest BCUT2D eigenvalue weighted by Gasteiger charge is 2.16. The van der Waals surface area contributed by atoms with E-state index < -0.39 is 0 Å². The minimum atomic E-state index is -0.185. The number of amides is 1. The van der Waals surface area contributed by atoms with Crippen LogP contribution in [0.5, 0.6) is 5.75 Å². The van der Waals surface area contributed by atoms with Gasteiger partial charge in [-0.3, -0.25) is 9.48 Å². The molecule has 0 bridgehead atoms. The summed E-state index contributed by atoms with van der Waals surface area (Å²) in [5.74, 6) is 0.588. The molecule has 2 aromatic heterocycles. The van der Waals surface area contributed by atoms with Crippen LogP contribution in [0.3, 0.4) is 0 Å². The molecule has 0 fully saturated rings. The molecule has 0 saturated heterocycles. The van der Waals surface area contributed by atoms with E-state index >= 15 is 0 Å². The van der Waals surface area contributed by atoms with Crippen molar-refractivity contribution < 1.29 is 9.53 Å². The topological polar surface area (TPSA) is 69.0 Å². The van der Waals surface area contributed by atoms with Gasteiger partial charge >= 0.3 is 0 Å². The van der Waals surface area contributed by atoms with Crippen LogP contribution in [0.1, 0.15) is 23.0 Å². The number of benzene rings is 2. The van der Waals surface area contributed by atoms with Crippen LogP contribution in [0.4, 0.5) is 5.69 Å². The maximum Gasteiger partial charge on any atom is 0.256 e. The van der Waals surface area contributed by atoms with Gasteiger partial charge in [0.1, 0.15) is 5.75 Å². The van der Waals surface area contributed by atoms with Crippen molar-refractivity contribution in [2.45, 2.75) is 13.8 Å². The lowest BCUT2D eigenvalue weighted by Gasteiger charge is -2.11. The van der Waals surface area contributed by atoms with E-state index in [2.05, 4.69) is 10.4 Å². The van der Waals surface area contributed by atoms with Gasteiger partial charge in [0.2, 0.25) is 0 Å². The SMILES string of the molecule is CCOc1ccc(NC(=O)c2cc(-c3cn(C)nc3C)nc3ccccc23)cc1. The quantitative estimate of drug-likeness (QED) is 0.544. The number of ether oxygens (including phenoxy) is 1. The Morgan fingerprint density at radius 1 is 1.14 bits per heavy atom. The van der Waals surface area contributed by atoms with Crippen molar-refractivity contribution in [2.24, 2.45) is 7.05 Å². The lowest BCUT2D eigenvalue weighted by atomic mass is 10.0. The van der Waals surface area contributed by atoms with E-state index in [1.165, 1.54) is 0 Å². The van der Waals surface area contributed by atoms with Crippen molar-refractivity contribution in [1.29, 1.82) is 0 Å². The van der Waals surface area contributed by atoms with Gasteiger partial charge in [0.15, 0.2) is 0 Å². The Kier molecular flexibility index (Phi) is 4.99. The second-order valence-corrected chi connectivity index (χ2v) is 6.79. The molecule has 1 amide bonds. The molecule has 0 saturated carbocycles. The molecule has 0 aliphatic rings. The Morgan fingerprint density at radius 3 is 2.59 bits per heavy atom. The van der Waals surface area contributed by atoms with Crippen LogP contribution in [0.15, 0.2) is 60.8 Å². The number of para-hydroxylation sites is 1. The molecule has 2 heterocycles. The average molecular weight is 386 g/mol. The molecular formula is C23H22N4O2. The van der Waals surface area contributed by atoms with Crippen LogP contribution in [0, 0.1) is 6.92 Å². The summed E-state index contributed by atoms with van der Waals surface area (Å²) in [7, 11) is 1.87. The zero-order valence-corrected chi connectivity index (χ0v) is 16.6. The highest BCUT2D eigenvalue weighted by molar-refractivity contribution is 6.13. The first-order valence-corrected chi connectivity index (χ1v) is 9.50. The highest BCUT2D eigenvalue weighted by atomic mass is 16.5.